The Kier molecular flexibility index (Phi) is 6.02. The van der Waals surface area contributed by atoms with Gasteiger partial charge in [0.2, 0.25) is 10.0 Å². The molecule has 9 heteroatoms. The van der Waals surface area contributed by atoms with Crippen molar-refractivity contribution in [1.82, 2.24) is 9.71 Å². The van der Waals surface area contributed by atoms with Crippen molar-refractivity contribution in [3.63, 3.8) is 0 Å². The summed E-state index contributed by atoms with van der Waals surface area (Å²) in [7, 11) is -3.73. The summed E-state index contributed by atoms with van der Waals surface area (Å²) < 4.78 is 27.0. The third kappa shape index (κ3) is 4.65. The minimum Gasteiger partial charge on any atom is -0.345 e. The van der Waals surface area contributed by atoms with Crippen molar-refractivity contribution in [2.45, 2.75) is 11.4 Å². The summed E-state index contributed by atoms with van der Waals surface area (Å²) in [4.78, 5) is 4.07. The molecule has 0 radical (unpaired) electrons. The second-order valence-electron chi connectivity index (χ2n) is 4.88. The zero-order chi connectivity index (χ0) is 19.0. The van der Waals surface area contributed by atoms with Gasteiger partial charge in [0.15, 0.2) is 5.57 Å². The van der Waals surface area contributed by atoms with Crippen LogP contribution in [0.25, 0.3) is 0 Å². The maximum Gasteiger partial charge on any atom is 0.240 e. The topological polar surface area (TPSA) is 142 Å². The Morgan fingerprint density at radius 2 is 1.69 bits per heavy atom. The molecule has 128 valence electrons. The number of rotatable bonds is 6. The van der Waals surface area contributed by atoms with Crippen molar-refractivity contribution in [3.8, 4) is 18.2 Å². The van der Waals surface area contributed by atoms with Crippen LogP contribution in [0.5, 0.6) is 0 Å². The Morgan fingerprint density at radius 3 is 2.23 bits per heavy atom. The molecule has 26 heavy (non-hydrogen) atoms. The summed E-state index contributed by atoms with van der Waals surface area (Å²) in [5.74, 6) is 0. The Bertz CT molecular complexity index is 1020. The van der Waals surface area contributed by atoms with Gasteiger partial charge in [0.25, 0.3) is 0 Å². The summed E-state index contributed by atoms with van der Waals surface area (Å²) >= 11 is 0. The van der Waals surface area contributed by atoms with Crippen LogP contribution >= 0.6 is 0 Å². The van der Waals surface area contributed by atoms with Crippen LogP contribution in [0.15, 0.2) is 64.8 Å². The van der Waals surface area contributed by atoms with Gasteiger partial charge < -0.3 is 5.32 Å². The molecule has 0 aliphatic heterocycles. The van der Waals surface area contributed by atoms with Crippen molar-refractivity contribution in [3.05, 3.63) is 65.6 Å². The molecular formula is C17H12N6O2S. The quantitative estimate of drug-likeness (QED) is 0.744. The van der Waals surface area contributed by atoms with Crippen LogP contribution in [-0.2, 0) is 16.6 Å². The van der Waals surface area contributed by atoms with Gasteiger partial charge in [-0.3, -0.25) is 4.98 Å². The number of pyridine rings is 1. The molecule has 0 bridgehead atoms. The second-order valence-corrected chi connectivity index (χ2v) is 6.65. The molecule has 0 saturated heterocycles. The SMILES string of the molecule is N#CC(C#N)=C(C#N)Nc1ccc(S(=O)(=O)NCc2ccccn2)cc1. The zero-order valence-corrected chi connectivity index (χ0v) is 14.2. The lowest BCUT2D eigenvalue weighted by Crippen LogP contribution is -2.23. The average Bonchev–Trinajstić information content (AvgIpc) is 2.68. The molecular weight excluding hydrogens is 352 g/mol. The van der Waals surface area contributed by atoms with Gasteiger partial charge in [-0.2, -0.15) is 15.8 Å². The molecule has 0 aliphatic carbocycles. The van der Waals surface area contributed by atoms with E-state index in [2.05, 4.69) is 15.0 Å². The third-order valence-corrected chi connectivity index (χ3v) is 4.61. The van der Waals surface area contributed by atoms with Crippen LogP contribution in [-0.4, -0.2) is 13.4 Å². The van der Waals surface area contributed by atoms with E-state index in [1.54, 1.807) is 42.6 Å². The smallest absolute Gasteiger partial charge is 0.240 e. The van der Waals surface area contributed by atoms with Crippen LogP contribution in [0.1, 0.15) is 5.69 Å². The van der Waals surface area contributed by atoms with Crippen molar-refractivity contribution in [2.75, 3.05) is 5.32 Å². The molecule has 0 spiro atoms. The number of aromatic nitrogens is 1. The molecule has 0 amide bonds. The maximum atomic E-state index is 12.3. The Balaban J connectivity index is 2.14. The molecule has 0 saturated carbocycles. The van der Waals surface area contributed by atoms with E-state index in [9.17, 15) is 8.42 Å². The number of nitrogens with zero attached hydrogens (tertiary/aromatic N) is 4. The van der Waals surface area contributed by atoms with Crippen LogP contribution in [0.2, 0.25) is 0 Å². The van der Waals surface area contributed by atoms with Gasteiger partial charge in [-0.1, -0.05) is 6.07 Å². The number of nitriles is 3. The Labute approximate surface area is 150 Å². The van der Waals surface area contributed by atoms with Crippen molar-refractivity contribution >= 4 is 15.7 Å². The summed E-state index contributed by atoms with van der Waals surface area (Å²) in [6.07, 6.45) is 1.57. The first kappa shape index (κ1) is 18.6. The largest absolute Gasteiger partial charge is 0.345 e. The lowest BCUT2D eigenvalue weighted by molar-refractivity contribution is 0.580. The summed E-state index contributed by atoms with van der Waals surface area (Å²) in [5, 5.41) is 29.2. The highest BCUT2D eigenvalue weighted by atomic mass is 32.2. The Morgan fingerprint density at radius 1 is 1.00 bits per heavy atom. The molecule has 2 N–H and O–H groups in total. The van der Waals surface area contributed by atoms with Gasteiger partial charge in [0.1, 0.15) is 23.9 Å². The third-order valence-electron chi connectivity index (χ3n) is 3.19. The van der Waals surface area contributed by atoms with E-state index in [0.717, 1.165) is 0 Å². The number of allylic oxidation sites excluding steroid dienone is 2. The van der Waals surface area contributed by atoms with Crippen molar-refractivity contribution < 1.29 is 8.42 Å². The van der Waals surface area contributed by atoms with Gasteiger partial charge in [0.05, 0.1) is 17.1 Å². The predicted octanol–water partition coefficient (Wildman–Crippen LogP) is 1.80. The van der Waals surface area contributed by atoms with Crippen LogP contribution in [0, 0.1) is 34.0 Å². The predicted molar refractivity (Wildman–Crippen MR) is 92.2 cm³/mol. The van der Waals surface area contributed by atoms with Crippen molar-refractivity contribution in [2.24, 2.45) is 0 Å². The minimum atomic E-state index is -3.73. The van der Waals surface area contributed by atoms with Crippen LogP contribution in [0.4, 0.5) is 5.69 Å². The zero-order valence-electron chi connectivity index (χ0n) is 13.3. The van der Waals surface area contributed by atoms with E-state index in [1.165, 1.54) is 24.3 Å². The highest BCUT2D eigenvalue weighted by Crippen LogP contribution is 2.16. The standard InChI is InChI=1S/C17H12N6O2S/c18-9-13(10-19)17(11-20)23-14-4-6-16(7-5-14)26(24,25)22-12-15-3-1-2-8-21-15/h1-8,22-23H,12H2. The van der Waals surface area contributed by atoms with E-state index < -0.39 is 10.0 Å². The first-order valence-corrected chi connectivity index (χ1v) is 8.69. The van der Waals surface area contributed by atoms with E-state index in [1.807, 2.05) is 0 Å². The number of anilines is 1. The summed E-state index contributed by atoms with van der Waals surface area (Å²) in [5.41, 5.74) is 0.382. The van der Waals surface area contributed by atoms with E-state index in [0.29, 0.717) is 11.4 Å². The first-order chi connectivity index (χ1) is 12.5. The minimum absolute atomic E-state index is 0.0299. The van der Waals surface area contributed by atoms with E-state index in [-0.39, 0.29) is 22.7 Å². The number of hydrogen-bond donors (Lipinski definition) is 2. The fourth-order valence-corrected chi connectivity index (χ4v) is 2.90. The molecule has 0 unspecified atom stereocenters. The highest BCUT2D eigenvalue weighted by Gasteiger charge is 2.14. The van der Waals surface area contributed by atoms with Gasteiger partial charge in [-0.05, 0) is 36.4 Å². The summed E-state index contributed by atoms with van der Waals surface area (Å²) in [6.45, 7) is 0.0538. The number of nitrogens with one attached hydrogen (secondary N) is 2. The van der Waals surface area contributed by atoms with E-state index >= 15 is 0 Å². The summed E-state index contributed by atoms with van der Waals surface area (Å²) in [6, 6.07) is 15.7. The number of hydrogen-bond acceptors (Lipinski definition) is 7. The number of sulfonamides is 1. The highest BCUT2D eigenvalue weighted by molar-refractivity contribution is 7.89. The maximum absolute atomic E-state index is 12.3. The van der Waals surface area contributed by atoms with Gasteiger partial charge in [0, 0.05) is 11.9 Å². The average molecular weight is 364 g/mol. The number of benzene rings is 1. The molecule has 0 aliphatic rings. The molecule has 0 fully saturated rings. The van der Waals surface area contributed by atoms with Crippen molar-refractivity contribution in [1.29, 1.82) is 15.8 Å². The van der Waals surface area contributed by atoms with Gasteiger partial charge >= 0.3 is 0 Å². The van der Waals surface area contributed by atoms with Gasteiger partial charge in [-0.15, -0.1) is 0 Å². The molecule has 1 aromatic carbocycles. The van der Waals surface area contributed by atoms with Crippen LogP contribution in [0.3, 0.4) is 0 Å². The molecule has 1 aromatic heterocycles. The lowest BCUT2D eigenvalue weighted by Gasteiger charge is -2.08. The van der Waals surface area contributed by atoms with E-state index in [4.69, 9.17) is 15.8 Å². The molecule has 8 nitrogen and oxygen atoms in total. The molecule has 2 aromatic rings. The fourth-order valence-electron chi connectivity index (χ4n) is 1.90. The normalized spacial score (nSPS) is 10.0. The lowest BCUT2D eigenvalue weighted by atomic mass is 10.2. The second kappa shape index (κ2) is 8.41. The van der Waals surface area contributed by atoms with Gasteiger partial charge in [-0.25, -0.2) is 13.1 Å². The Hall–Kier alpha value is -3.71. The molecule has 2 rings (SSSR count). The monoisotopic (exact) mass is 364 g/mol. The molecule has 0 atom stereocenters. The molecule has 1 heterocycles. The fraction of sp³-hybridized carbons (Fsp3) is 0.0588. The van der Waals surface area contributed by atoms with Crippen LogP contribution < -0.4 is 10.0 Å². The first-order valence-electron chi connectivity index (χ1n) is 7.21.